The van der Waals surface area contributed by atoms with E-state index in [1.54, 1.807) is 0 Å². The van der Waals surface area contributed by atoms with E-state index in [1.165, 1.54) is 17.7 Å². The topological polar surface area (TPSA) is 15.3 Å². The van der Waals surface area contributed by atoms with Gasteiger partial charge >= 0.3 is 0 Å². The third-order valence-electron chi connectivity index (χ3n) is 2.55. The highest BCUT2D eigenvalue weighted by molar-refractivity contribution is 7.98. The van der Waals surface area contributed by atoms with Crippen molar-refractivity contribution >= 4 is 11.8 Å². The molecule has 0 aliphatic carbocycles. The van der Waals surface area contributed by atoms with Crippen molar-refractivity contribution < 1.29 is 0 Å². The van der Waals surface area contributed by atoms with Gasteiger partial charge in [-0.3, -0.25) is 4.90 Å². The third-order valence-corrected chi connectivity index (χ3v) is 3.27. The first-order chi connectivity index (χ1) is 7.15. The fraction of sp³-hybridized carbons (Fsp3) is 0.833. The van der Waals surface area contributed by atoms with E-state index in [-0.39, 0.29) is 0 Å². The highest BCUT2D eigenvalue weighted by Crippen LogP contribution is 2.09. The van der Waals surface area contributed by atoms with Crippen molar-refractivity contribution in [3.63, 3.8) is 0 Å². The zero-order valence-electron chi connectivity index (χ0n) is 10.7. The Kier molecular flexibility index (Phi) is 9.26. The zero-order valence-corrected chi connectivity index (χ0v) is 11.5. The Bertz CT molecular complexity index is 171. The first-order valence-electron chi connectivity index (χ1n) is 5.72. The quantitative estimate of drug-likeness (QED) is 0.612. The van der Waals surface area contributed by atoms with E-state index >= 15 is 0 Å². The summed E-state index contributed by atoms with van der Waals surface area (Å²) in [7, 11) is 2.20. The van der Waals surface area contributed by atoms with Gasteiger partial charge in [0.1, 0.15) is 0 Å². The molecule has 15 heavy (non-hydrogen) atoms. The van der Waals surface area contributed by atoms with Gasteiger partial charge < -0.3 is 5.32 Å². The van der Waals surface area contributed by atoms with Crippen LogP contribution in [0.15, 0.2) is 12.2 Å². The first kappa shape index (κ1) is 15.0. The van der Waals surface area contributed by atoms with Crippen LogP contribution in [0.2, 0.25) is 0 Å². The maximum atomic E-state index is 4.10. The molecule has 90 valence electrons. The molecule has 0 heterocycles. The molecular formula is C12H26N2S. The Morgan fingerprint density at radius 2 is 2.13 bits per heavy atom. The van der Waals surface area contributed by atoms with Crippen LogP contribution < -0.4 is 5.32 Å². The SMILES string of the molecule is C=C(CNCC)CN(C)C(CC)CSC. The summed E-state index contributed by atoms with van der Waals surface area (Å²) in [6.45, 7) is 11.4. The Morgan fingerprint density at radius 1 is 1.47 bits per heavy atom. The molecule has 0 saturated heterocycles. The molecule has 0 aliphatic heterocycles. The largest absolute Gasteiger partial charge is 0.313 e. The summed E-state index contributed by atoms with van der Waals surface area (Å²) in [4.78, 5) is 2.41. The van der Waals surface area contributed by atoms with Gasteiger partial charge in [-0.2, -0.15) is 11.8 Å². The summed E-state index contributed by atoms with van der Waals surface area (Å²) < 4.78 is 0. The van der Waals surface area contributed by atoms with E-state index in [0.717, 1.165) is 19.6 Å². The number of rotatable bonds is 9. The van der Waals surface area contributed by atoms with Crippen molar-refractivity contribution in [2.75, 3.05) is 38.7 Å². The average Bonchev–Trinajstić information content (AvgIpc) is 2.22. The fourth-order valence-electron chi connectivity index (χ4n) is 1.59. The summed E-state index contributed by atoms with van der Waals surface area (Å²) in [6, 6.07) is 0.679. The first-order valence-corrected chi connectivity index (χ1v) is 7.11. The van der Waals surface area contributed by atoms with Gasteiger partial charge in [-0.15, -0.1) is 0 Å². The van der Waals surface area contributed by atoms with E-state index in [2.05, 4.69) is 43.9 Å². The predicted molar refractivity (Wildman–Crippen MR) is 72.8 cm³/mol. The van der Waals surface area contributed by atoms with Gasteiger partial charge in [0.2, 0.25) is 0 Å². The van der Waals surface area contributed by atoms with Crippen molar-refractivity contribution in [2.24, 2.45) is 0 Å². The number of likely N-dealkylation sites (N-methyl/N-ethyl adjacent to an activating group) is 2. The van der Waals surface area contributed by atoms with Gasteiger partial charge in [0.05, 0.1) is 0 Å². The molecule has 0 rings (SSSR count). The molecule has 0 aliphatic rings. The molecule has 0 amide bonds. The van der Waals surface area contributed by atoms with Crippen LogP contribution in [0.25, 0.3) is 0 Å². The molecule has 0 saturated carbocycles. The van der Waals surface area contributed by atoms with Crippen LogP contribution in [-0.2, 0) is 0 Å². The maximum Gasteiger partial charge on any atom is 0.0203 e. The maximum absolute atomic E-state index is 4.10. The lowest BCUT2D eigenvalue weighted by Crippen LogP contribution is -2.36. The van der Waals surface area contributed by atoms with Crippen molar-refractivity contribution in [1.82, 2.24) is 10.2 Å². The van der Waals surface area contributed by atoms with Gasteiger partial charge in [-0.25, -0.2) is 0 Å². The molecule has 0 fully saturated rings. The van der Waals surface area contributed by atoms with Crippen LogP contribution in [0, 0.1) is 0 Å². The summed E-state index contributed by atoms with van der Waals surface area (Å²) in [5.74, 6) is 1.21. The summed E-state index contributed by atoms with van der Waals surface area (Å²) >= 11 is 1.92. The Morgan fingerprint density at radius 3 is 2.60 bits per heavy atom. The number of thioether (sulfide) groups is 1. The number of nitrogens with one attached hydrogen (secondary N) is 1. The standard InChI is InChI=1S/C12H26N2S/c1-6-12(10-15-5)14(4)9-11(3)8-13-7-2/h12-13H,3,6-10H2,1-2,4-5H3. The van der Waals surface area contributed by atoms with Crippen LogP contribution in [0.1, 0.15) is 20.3 Å². The third kappa shape index (κ3) is 6.98. The predicted octanol–water partition coefficient (Wildman–Crippen LogP) is 2.23. The van der Waals surface area contributed by atoms with Crippen LogP contribution in [0.3, 0.4) is 0 Å². The van der Waals surface area contributed by atoms with Crippen LogP contribution >= 0.6 is 11.8 Å². The normalized spacial score (nSPS) is 13.1. The molecule has 0 radical (unpaired) electrons. The van der Waals surface area contributed by atoms with E-state index < -0.39 is 0 Å². The minimum Gasteiger partial charge on any atom is -0.313 e. The van der Waals surface area contributed by atoms with E-state index in [1.807, 2.05) is 11.8 Å². The van der Waals surface area contributed by atoms with Gasteiger partial charge in [0.25, 0.3) is 0 Å². The Labute approximate surface area is 99.5 Å². The summed E-state index contributed by atoms with van der Waals surface area (Å²) in [6.07, 6.45) is 3.38. The lowest BCUT2D eigenvalue weighted by Gasteiger charge is -2.27. The molecule has 0 aromatic heterocycles. The number of hydrogen-bond acceptors (Lipinski definition) is 3. The molecule has 0 aromatic rings. The Hall–Kier alpha value is 0.0100. The summed E-state index contributed by atoms with van der Waals surface area (Å²) in [5, 5.41) is 3.31. The van der Waals surface area contributed by atoms with Crippen LogP contribution in [-0.4, -0.2) is 49.6 Å². The molecule has 0 spiro atoms. The second kappa shape index (κ2) is 9.25. The molecule has 3 heteroatoms. The lowest BCUT2D eigenvalue weighted by atomic mass is 10.2. The van der Waals surface area contributed by atoms with Crippen molar-refractivity contribution in [1.29, 1.82) is 0 Å². The molecule has 1 unspecified atom stereocenters. The van der Waals surface area contributed by atoms with E-state index in [4.69, 9.17) is 0 Å². The summed E-state index contributed by atoms with van der Waals surface area (Å²) in [5.41, 5.74) is 1.28. The minimum atomic E-state index is 0.679. The van der Waals surface area contributed by atoms with Gasteiger partial charge in [0.15, 0.2) is 0 Å². The van der Waals surface area contributed by atoms with E-state index in [9.17, 15) is 0 Å². The van der Waals surface area contributed by atoms with Crippen molar-refractivity contribution in [2.45, 2.75) is 26.3 Å². The van der Waals surface area contributed by atoms with E-state index in [0.29, 0.717) is 6.04 Å². The van der Waals surface area contributed by atoms with Crippen LogP contribution in [0.5, 0.6) is 0 Å². The van der Waals surface area contributed by atoms with Gasteiger partial charge in [-0.1, -0.05) is 20.4 Å². The lowest BCUT2D eigenvalue weighted by molar-refractivity contribution is 0.275. The molecule has 1 N–H and O–H groups in total. The highest BCUT2D eigenvalue weighted by Gasteiger charge is 2.12. The molecular weight excluding hydrogens is 204 g/mol. The second-order valence-corrected chi connectivity index (χ2v) is 4.87. The second-order valence-electron chi connectivity index (χ2n) is 3.96. The highest BCUT2D eigenvalue weighted by atomic mass is 32.2. The molecule has 1 atom stereocenters. The fourth-order valence-corrected chi connectivity index (χ4v) is 2.46. The van der Waals surface area contributed by atoms with Crippen molar-refractivity contribution in [3.8, 4) is 0 Å². The molecule has 2 nitrogen and oxygen atoms in total. The minimum absolute atomic E-state index is 0.679. The number of hydrogen-bond donors (Lipinski definition) is 1. The number of nitrogens with zero attached hydrogens (tertiary/aromatic N) is 1. The van der Waals surface area contributed by atoms with Crippen LogP contribution in [0.4, 0.5) is 0 Å². The van der Waals surface area contributed by atoms with Gasteiger partial charge in [-0.05, 0) is 31.8 Å². The monoisotopic (exact) mass is 230 g/mol. The van der Waals surface area contributed by atoms with Gasteiger partial charge in [0, 0.05) is 24.9 Å². The smallest absolute Gasteiger partial charge is 0.0203 e. The zero-order chi connectivity index (χ0) is 11.7. The Balaban J connectivity index is 3.86. The van der Waals surface area contributed by atoms with Crippen molar-refractivity contribution in [3.05, 3.63) is 12.2 Å². The molecule has 0 bridgehead atoms. The molecule has 0 aromatic carbocycles. The average molecular weight is 230 g/mol.